The molecule has 0 saturated carbocycles. The van der Waals surface area contributed by atoms with E-state index < -0.39 is 17.5 Å². The van der Waals surface area contributed by atoms with E-state index in [9.17, 15) is 9.90 Å². The standard InChI is InChI=1S/C22H22ClNO5/c1-12(2)22(26)16(7-14-8-17(23)20-18(9-14)27-11-28-20)21(25)29-19(22)10-13-3-5-15(24)6-4-13/h3-6,8-10,12,16,26H,7,11,24H2,1-2H3/b19-10-/t16-,22+/m1/s1. The first-order chi connectivity index (χ1) is 13.8. The lowest BCUT2D eigenvalue weighted by Crippen LogP contribution is -2.43. The van der Waals surface area contributed by atoms with Gasteiger partial charge in [-0.1, -0.05) is 37.6 Å². The van der Waals surface area contributed by atoms with E-state index in [0.29, 0.717) is 22.2 Å². The van der Waals surface area contributed by atoms with E-state index in [1.807, 2.05) is 26.0 Å². The van der Waals surface area contributed by atoms with Gasteiger partial charge in [-0.25, -0.2) is 0 Å². The van der Waals surface area contributed by atoms with E-state index in [1.54, 1.807) is 30.3 Å². The number of ether oxygens (including phenoxy) is 3. The monoisotopic (exact) mass is 415 g/mol. The van der Waals surface area contributed by atoms with Crippen LogP contribution in [0.15, 0.2) is 42.2 Å². The van der Waals surface area contributed by atoms with Crippen LogP contribution in [0.4, 0.5) is 5.69 Å². The van der Waals surface area contributed by atoms with E-state index in [-0.39, 0.29) is 24.9 Å². The fourth-order valence-corrected chi connectivity index (χ4v) is 4.09. The Kier molecular flexibility index (Phi) is 4.92. The summed E-state index contributed by atoms with van der Waals surface area (Å²) >= 11 is 6.27. The van der Waals surface area contributed by atoms with Crippen LogP contribution in [-0.2, 0) is 16.0 Å². The number of carbonyl (C=O) groups is 1. The summed E-state index contributed by atoms with van der Waals surface area (Å²) in [7, 11) is 0. The molecule has 0 aliphatic carbocycles. The number of nitrogens with two attached hydrogens (primary N) is 1. The van der Waals surface area contributed by atoms with Gasteiger partial charge in [0.25, 0.3) is 0 Å². The zero-order valence-corrected chi connectivity index (χ0v) is 16.9. The molecule has 1 saturated heterocycles. The van der Waals surface area contributed by atoms with Gasteiger partial charge in [0.05, 0.1) is 10.9 Å². The Labute approximate surface area is 173 Å². The summed E-state index contributed by atoms with van der Waals surface area (Å²) in [4.78, 5) is 12.7. The van der Waals surface area contributed by atoms with Crippen molar-refractivity contribution in [2.24, 2.45) is 11.8 Å². The van der Waals surface area contributed by atoms with E-state index in [4.69, 9.17) is 31.5 Å². The zero-order valence-electron chi connectivity index (χ0n) is 16.1. The van der Waals surface area contributed by atoms with Crippen LogP contribution in [0.2, 0.25) is 5.02 Å². The molecule has 1 fully saturated rings. The predicted molar refractivity (Wildman–Crippen MR) is 109 cm³/mol. The first-order valence-electron chi connectivity index (χ1n) is 9.39. The van der Waals surface area contributed by atoms with Crippen LogP contribution in [0.3, 0.4) is 0 Å². The first kappa shape index (κ1) is 19.6. The number of esters is 1. The molecule has 0 amide bonds. The molecule has 0 spiro atoms. The number of anilines is 1. The zero-order chi connectivity index (χ0) is 20.8. The minimum atomic E-state index is -1.46. The normalized spacial score (nSPS) is 24.4. The third-order valence-corrected chi connectivity index (χ3v) is 5.74. The number of carbonyl (C=O) groups excluding carboxylic acids is 1. The highest BCUT2D eigenvalue weighted by atomic mass is 35.5. The lowest BCUT2D eigenvalue weighted by Gasteiger charge is -2.31. The Morgan fingerprint density at radius 3 is 2.69 bits per heavy atom. The molecule has 2 aliphatic rings. The highest BCUT2D eigenvalue weighted by molar-refractivity contribution is 6.32. The van der Waals surface area contributed by atoms with Gasteiger partial charge in [0.15, 0.2) is 11.5 Å². The number of rotatable bonds is 4. The van der Waals surface area contributed by atoms with Crippen molar-refractivity contribution in [2.45, 2.75) is 25.9 Å². The number of benzene rings is 2. The molecule has 2 atom stereocenters. The van der Waals surface area contributed by atoms with Crippen LogP contribution in [0.5, 0.6) is 11.5 Å². The SMILES string of the molecule is CC(C)[C@@]1(O)/C(=C/c2ccc(N)cc2)OC(=O)[C@H]1Cc1cc(Cl)c2c(c1)OCO2. The first-order valence-corrected chi connectivity index (χ1v) is 9.76. The molecule has 7 heteroatoms. The van der Waals surface area contributed by atoms with Gasteiger partial charge in [-0.3, -0.25) is 4.79 Å². The van der Waals surface area contributed by atoms with E-state index >= 15 is 0 Å². The molecule has 29 heavy (non-hydrogen) atoms. The summed E-state index contributed by atoms with van der Waals surface area (Å²) in [6, 6.07) is 10.6. The van der Waals surface area contributed by atoms with Gasteiger partial charge in [-0.05, 0) is 53.8 Å². The van der Waals surface area contributed by atoms with Gasteiger partial charge in [0.1, 0.15) is 11.4 Å². The minimum absolute atomic E-state index is 0.106. The predicted octanol–water partition coefficient (Wildman–Crippen LogP) is 3.79. The number of aliphatic hydroxyl groups is 1. The van der Waals surface area contributed by atoms with Crippen molar-refractivity contribution in [3.05, 3.63) is 58.3 Å². The van der Waals surface area contributed by atoms with Crippen LogP contribution in [0.25, 0.3) is 6.08 Å². The second kappa shape index (κ2) is 7.28. The molecule has 4 rings (SSSR count). The average Bonchev–Trinajstić information content (AvgIpc) is 3.23. The molecule has 152 valence electrons. The van der Waals surface area contributed by atoms with Crippen LogP contribution >= 0.6 is 11.6 Å². The molecular weight excluding hydrogens is 394 g/mol. The minimum Gasteiger partial charge on any atom is -0.454 e. The van der Waals surface area contributed by atoms with Gasteiger partial charge in [0.2, 0.25) is 6.79 Å². The van der Waals surface area contributed by atoms with Crippen molar-refractivity contribution in [1.29, 1.82) is 0 Å². The van der Waals surface area contributed by atoms with Gasteiger partial charge in [-0.15, -0.1) is 0 Å². The molecule has 2 aliphatic heterocycles. The van der Waals surface area contributed by atoms with E-state index in [2.05, 4.69) is 0 Å². The summed E-state index contributed by atoms with van der Waals surface area (Å²) in [5.74, 6) is -0.254. The smallest absolute Gasteiger partial charge is 0.317 e. The fraction of sp³-hybridized carbons (Fsp3) is 0.318. The molecule has 2 heterocycles. The highest BCUT2D eigenvalue weighted by Gasteiger charge is 2.55. The molecule has 2 aromatic carbocycles. The van der Waals surface area contributed by atoms with Gasteiger partial charge >= 0.3 is 5.97 Å². The molecule has 0 radical (unpaired) electrons. The summed E-state index contributed by atoms with van der Waals surface area (Å²) in [6.45, 7) is 3.82. The van der Waals surface area contributed by atoms with Crippen LogP contribution in [-0.4, -0.2) is 23.5 Å². The van der Waals surface area contributed by atoms with Crippen LogP contribution in [0.1, 0.15) is 25.0 Å². The van der Waals surface area contributed by atoms with E-state index in [0.717, 1.165) is 11.1 Å². The summed E-state index contributed by atoms with van der Waals surface area (Å²) in [5.41, 5.74) is 6.45. The maximum atomic E-state index is 12.7. The van der Waals surface area contributed by atoms with Crippen molar-refractivity contribution in [3.63, 3.8) is 0 Å². The van der Waals surface area contributed by atoms with Gasteiger partial charge < -0.3 is 25.1 Å². The lowest BCUT2D eigenvalue weighted by molar-refractivity contribution is -0.140. The Morgan fingerprint density at radius 2 is 2.00 bits per heavy atom. The van der Waals surface area contributed by atoms with Crippen LogP contribution in [0, 0.1) is 11.8 Å². The Balaban J connectivity index is 1.69. The summed E-state index contributed by atoms with van der Waals surface area (Å²) in [5, 5.41) is 12.0. The number of halogens is 1. The molecule has 3 N–H and O–H groups in total. The molecule has 0 bridgehead atoms. The number of nitrogen functional groups attached to an aromatic ring is 1. The summed E-state index contributed by atoms with van der Waals surface area (Å²) in [6.07, 6.45) is 1.94. The van der Waals surface area contributed by atoms with Crippen molar-refractivity contribution in [1.82, 2.24) is 0 Å². The molecule has 0 unspecified atom stereocenters. The Morgan fingerprint density at radius 1 is 1.28 bits per heavy atom. The van der Waals surface area contributed by atoms with Crippen molar-refractivity contribution in [3.8, 4) is 11.5 Å². The van der Waals surface area contributed by atoms with Crippen LogP contribution < -0.4 is 15.2 Å². The van der Waals surface area contributed by atoms with E-state index in [1.165, 1.54) is 0 Å². The maximum absolute atomic E-state index is 12.7. The number of hydrogen-bond donors (Lipinski definition) is 2. The van der Waals surface area contributed by atoms with Crippen molar-refractivity contribution >= 4 is 29.3 Å². The molecular formula is C22H22ClNO5. The number of cyclic esters (lactones) is 1. The average molecular weight is 416 g/mol. The molecule has 2 aromatic rings. The fourth-order valence-electron chi connectivity index (χ4n) is 3.80. The van der Waals surface area contributed by atoms with Gasteiger partial charge in [0, 0.05) is 5.69 Å². The second-order valence-corrected chi connectivity index (χ2v) is 8.05. The van der Waals surface area contributed by atoms with Gasteiger partial charge in [-0.2, -0.15) is 0 Å². The molecule has 0 aromatic heterocycles. The number of hydrogen-bond acceptors (Lipinski definition) is 6. The quantitative estimate of drug-likeness (QED) is 0.583. The molecule has 6 nitrogen and oxygen atoms in total. The van der Waals surface area contributed by atoms with Crippen molar-refractivity contribution in [2.75, 3.05) is 12.5 Å². The van der Waals surface area contributed by atoms with Crippen molar-refractivity contribution < 1.29 is 24.1 Å². The Hall–Kier alpha value is -2.70. The Bertz CT molecular complexity index is 985. The third kappa shape index (κ3) is 3.43. The number of fused-ring (bicyclic) bond motifs is 1. The third-order valence-electron chi connectivity index (χ3n) is 5.46. The second-order valence-electron chi connectivity index (χ2n) is 7.64. The summed E-state index contributed by atoms with van der Waals surface area (Å²) < 4.78 is 16.3. The maximum Gasteiger partial charge on any atom is 0.317 e. The largest absolute Gasteiger partial charge is 0.454 e. The highest BCUT2D eigenvalue weighted by Crippen LogP contribution is 2.46. The topological polar surface area (TPSA) is 91.0 Å². The lowest BCUT2D eigenvalue weighted by atomic mass is 9.75.